The first-order chi connectivity index (χ1) is 10.2. The minimum atomic E-state index is -1.06. The van der Waals surface area contributed by atoms with Gasteiger partial charge in [-0.05, 0) is 6.92 Å². The summed E-state index contributed by atoms with van der Waals surface area (Å²) in [4.78, 5) is 4.57. The molecule has 2 aromatic carbocycles. The molecule has 0 radical (unpaired) electrons. The maximum atomic E-state index is 12.7. The average Bonchev–Trinajstić information content (AvgIpc) is 2.55. The highest BCUT2D eigenvalue weighted by molar-refractivity contribution is 6.13. The molecule has 2 aromatic rings. The number of nitrogens with zero attached hydrogens (tertiary/aromatic N) is 2. The summed E-state index contributed by atoms with van der Waals surface area (Å²) >= 11 is 0. The third-order valence-electron chi connectivity index (χ3n) is 3.28. The van der Waals surface area contributed by atoms with Gasteiger partial charge in [-0.25, -0.2) is 0 Å². The standard InChI is InChI=1S/C18H17FN2/c1-18(14-20,12-13-19)21-17(15-8-4-2-5-9-15)16-10-6-3-7-11-16/h2-11H,12-13H2,1H3/t18-/m1/s1. The molecule has 0 bridgehead atoms. The Bertz CT molecular complexity index is 602. The Morgan fingerprint density at radius 3 is 1.90 bits per heavy atom. The van der Waals surface area contributed by atoms with Gasteiger partial charge in [-0.3, -0.25) is 9.38 Å². The lowest BCUT2D eigenvalue weighted by Crippen LogP contribution is -2.23. The van der Waals surface area contributed by atoms with E-state index in [0.29, 0.717) is 5.71 Å². The first-order valence-electron chi connectivity index (χ1n) is 6.86. The van der Waals surface area contributed by atoms with E-state index >= 15 is 0 Å². The van der Waals surface area contributed by atoms with Crippen molar-refractivity contribution in [2.45, 2.75) is 18.9 Å². The second-order valence-corrected chi connectivity index (χ2v) is 5.02. The largest absolute Gasteiger partial charge is 0.262 e. The monoisotopic (exact) mass is 280 g/mol. The summed E-state index contributed by atoms with van der Waals surface area (Å²) in [7, 11) is 0. The molecule has 0 saturated carbocycles. The molecule has 0 unspecified atom stereocenters. The van der Waals surface area contributed by atoms with Crippen LogP contribution in [0.3, 0.4) is 0 Å². The topological polar surface area (TPSA) is 36.1 Å². The van der Waals surface area contributed by atoms with Crippen LogP contribution in [-0.2, 0) is 0 Å². The highest BCUT2D eigenvalue weighted by Gasteiger charge is 2.24. The first kappa shape index (κ1) is 14.9. The van der Waals surface area contributed by atoms with Crippen molar-refractivity contribution in [3.8, 4) is 6.07 Å². The van der Waals surface area contributed by atoms with Crippen LogP contribution < -0.4 is 0 Å². The molecule has 0 heterocycles. The fraction of sp³-hybridized carbons (Fsp3) is 0.222. The normalized spacial score (nSPS) is 13.0. The second-order valence-electron chi connectivity index (χ2n) is 5.02. The fourth-order valence-electron chi connectivity index (χ4n) is 2.06. The van der Waals surface area contributed by atoms with Crippen molar-refractivity contribution in [3.05, 3.63) is 71.8 Å². The van der Waals surface area contributed by atoms with E-state index in [1.165, 1.54) is 0 Å². The maximum Gasteiger partial charge on any atom is 0.147 e. The van der Waals surface area contributed by atoms with Gasteiger partial charge in [0.2, 0.25) is 0 Å². The van der Waals surface area contributed by atoms with Gasteiger partial charge in [0, 0.05) is 17.5 Å². The smallest absolute Gasteiger partial charge is 0.147 e. The van der Waals surface area contributed by atoms with Gasteiger partial charge in [-0.2, -0.15) is 5.26 Å². The Balaban J connectivity index is 2.55. The van der Waals surface area contributed by atoms with Gasteiger partial charge in [0.1, 0.15) is 5.54 Å². The maximum absolute atomic E-state index is 12.7. The SMILES string of the molecule is C[C@](C#N)(CCF)N=C(c1ccccc1)c1ccccc1. The van der Waals surface area contributed by atoms with Crippen molar-refractivity contribution in [2.24, 2.45) is 4.99 Å². The number of hydrogen-bond donors (Lipinski definition) is 0. The summed E-state index contributed by atoms with van der Waals surface area (Å²) in [5.41, 5.74) is 1.50. The molecule has 21 heavy (non-hydrogen) atoms. The molecular formula is C18H17FN2. The number of nitriles is 1. The molecular weight excluding hydrogens is 263 g/mol. The number of alkyl halides is 1. The van der Waals surface area contributed by atoms with E-state index < -0.39 is 12.2 Å². The number of aliphatic imine (C=N–C) groups is 1. The molecule has 3 heteroatoms. The predicted molar refractivity (Wildman–Crippen MR) is 83.1 cm³/mol. The van der Waals surface area contributed by atoms with E-state index in [0.717, 1.165) is 11.1 Å². The molecule has 0 aromatic heterocycles. The zero-order chi connectivity index (χ0) is 15.1. The predicted octanol–water partition coefficient (Wildman–Crippen LogP) is 4.17. The molecule has 2 rings (SSSR count). The summed E-state index contributed by atoms with van der Waals surface area (Å²) in [6.45, 7) is 1.10. The fourth-order valence-corrected chi connectivity index (χ4v) is 2.06. The van der Waals surface area contributed by atoms with Gasteiger partial charge in [0.15, 0.2) is 0 Å². The highest BCUT2D eigenvalue weighted by Crippen LogP contribution is 2.20. The second kappa shape index (κ2) is 6.81. The van der Waals surface area contributed by atoms with Gasteiger partial charge in [-0.1, -0.05) is 60.7 Å². The lowest BCUT2D eigenvalue weighted by Gasteiger charge is -2.18. The van der Waals surface area contributed by atoms with Crippen LogP contribution in [0, 0.1) is 11.3 Å². The van der Waals surface area contributed by atoms with Gasteiger partial charge < -0.3 is 0 Å². The molecule has 1 atom stereocenters. The molecule has 0 amide bonds. The molecule has 0 N–H and O–H groups in total. The quantitative estimate of drug-likeness (QED) is 0.757. The Hall–Kier alpha value is -2.47. The van der Waals surface area contributed by atoms with Crippen LogP contribution in [-0.4, -0.2) is 17.9 Å². The Kier molecular flexibility index (Phi) is 4.84. The van der Waals surface area contributed by atoms with Crippen LogP contribution in [0.4, 0.5) is 4.39 Å². The molecule has 0 aliphatic carbocycles. The highest BCUT2D eigenvalue weighted by atomic mass is 19.1. The van der Waals surface area contributed by atoms with Gasteiger partial charge >= 0.3 is 0 Å². The van der Waals surface area contributed by atoms with E-state index in [1.807, 2.05) is 60.7 Å². The number of benzene rings is 2. The van der Waals surface area contributed by atoms with E-state index in [9.17, 15) is 9.65 Å². The Morgan fingerprint density at radius 2 is 1.52 bits per heavy atom. The summed E-state index contributed by atoms with van der Waals surface area (Å²) in [5, 5.41) is 9.34. The third kappa shape index (κ3) is 3.76. The van der Waals surface area contributed by atoms with Crippen LogP contribution in [0.15, 0.2) is 65.7 Å². The molecule has 0 spiro atoms. The number of rotatable bonds is 5. The molecule has 0 aliphatic rings. The molecule has 0 aliphatic heterocycles. The van der Waals surface area contributed by atoms with Crippen molar-refractivity contribution >= 4 is 5.71 Å². The minimum absolute atomic E-state index is 0.0899. The van der Waals surface area contributed by atoms with Crippen molar-refractivity contribution in [2.75, 3.05) is 6.67 Å². The van der Waals surface area contributed by atoms with E-state index in [-0.39, 0.29) is 6.42 Å². The minimum Gasteiger partial charge on any atom is -0.262 e. The zero-order valence-electron chi connectivity index (χ0n) is 12.0. The summed E-state index contributed by atoms with van der Waals surface area (Å²) < 4.78 is 12.7. The number of halogens is 1. The van der Waals surface area contributed by atoms with Crippen LogP contribution in [0.5, 0.6) is 0 Å². The van der Waals surface area contributed by atoms with E-state index in [2.05, 4.69) is 11.1 Å². The zero-order valence-corrected chi connectivity index (χ0v) is 12.0. The molecule has 106 valence electrons. The van der Waals surface area contributed by atoms with Crippen molar-refractivity contribution in [1.29, 1.82) is 5.26 Å². The summed E-state index contributed by atoms with van der Waals surface area (Å²) in [6, 6.07) is 21.4. The Labute approximate surface area is 124 Å². The van der Waals surface area contributed by atoms with Crippen LogP contribution in [0.2, 0.25) is 0 Å². The summed E-state index contributed by atoms with van der Waals surface area (Å²) in [5.74, 6) is 0. The van der Waals surface area contributed by atoms with E-state index in [1.54, 1.807) is 6.92 Å². The van der Waals surface area contributed by atoms with E-state index in [4.69, 9.17) is 0 Å². The van der Waals surface area contributed by atoms with Gasteiger partial charge in [0.05, 0.1) is 18.5 Å². The first-order valence-corrected chi connectivity index (χ1v) is 6.86. The average molecular weight is 280 g/mol. The van der Waals surface area contributed by atoms with Gasteiger partial charge in [0.25, 0.3) is 0 Å². The van der Waals surface area contributed by atoms with Crippen molar-refractivity contribution in [1.82, 2.24) is 0 Å². The van der Waals surface area contributed by atoms with Crippen LogP contribution in [0.25, 0.3) is 0 Å². The lowest BCUT2D eigenvalue weighted by molar-refractivity contribution is 0.411. The van der Waals surface area contributed by atoms with Crippen molar-refractivity contribution in [3.63, 3.8) is 0 Å². The van der Waals surface area contributed by atoms with Gasteiger partial charge in [-0.15, -0.1) is 0 Å². The van der Waals surface area contributed by atoms with Crippen molar-refractivity contribution < 1.29 is 4.39 Å². The molecule has 0 fully saturated rings. The lowest BCUT2D eigenvalue weighted by atomic mass is 9.97. The molecule has 2 nitrogen and oxygen atoms in total. The number of hydrogen-bond acceptors (Lipinski definition) is 2. The molecule has 0 saturated heterocycles. The van der Waals surface area contributed by atoms with Crippen LogP contribution in [0.1, 0.15) is 24.5 Å². The third-order valence-corrected chi connectivity index (χ3v) is 3.28. The Morgan fingerprint density at radius 1 is 1.05 bits per heavy atom. The van der Waals surface area contributed by atoms with Crippen LogP contribution >= 0.6 is 0 Å². The summed E-state index contributed by atoms with van der Waals surface area (Å²) in [6.07, 6.45) is 0.0899.